The second-order valence-corrected chi connectivity index (χ2v) is 7.60. The molecule has 1 aliphatic rings. The number of benzene rings is 2. The van der Waals surface area contributed by atoms with E-state index in [1.807, 2.05) is 24.3 Å². The molecule has 3 rings (SSSR count). The second kappa shape index (κ2) is 10.7. The molecule has 0 saturated carbocycles. The Balaban J connectivity index is 1.64. The smallest absolute Gasteiger partial charge is 0.313 e. The maximum absolute atomic E-state index is 12.4. The van der Waals surface area contributed by atoms with Crippen LogP contribution >= 0.6 is 0 Å². The molecular weight excluding hydrogens is 414 g/mol. The number of ether oxygens (including phenoxy) is 1. The summed E-state index contributed by atoms with van der Waals surface area (Å²) in [7, 11) is 3.68. The third kappa shape index (κ3) is 6.02. The number of hydrogen-bond acceptors (Lipinski definition) is 7. The molecule has 2 amide bonds. The molecule has 0 bridgehead atoms. The van der Waals surface area contributed by atoms with Gasteiger partial charge in [-0.25, -0.2) is 0 Å². The van der Waals surface area contributed by atoms with Crippen LogP contribution in [0.5, 0.6) is 5.75 Å². The molecule has 2 N–H and O–H groups in total. The highest BCUT2D eigenvalue weighted by Gasteiger charge is 2.25. The molecule has 170 valence electrons. The SMILES string of the molecule is COc1ccc(C(CNC(=O)C(=O)Nc2ccc([N+](=O)[O-])cc2)N2CCN(C)CC2)cc1. The number of non-ortho nitro benzene ring substituents is 1. The maximum atomic E-state index is 12.4. The zero-order valence-electron chi connectivity index (χ0n) is 18.1. The van der Waals surface area contributed by atoms with Crippen molar-refractivity contribution < 1.29 is 19.2 Å². The summed E-state index contributed by atoms with van der Waals surface area (Å²) in [6.07, 6.45) is 0. The van der Waals surface area contributed by atoms with E-state index >= 15 is 0 Å². The van der Waals surface area contributed by atoms with Gasteiger partial charge in [-0.2, -0.15) is 0 Å². The lowest BCUT2D eigenvalue weighted by Gasteiger charge is -2.38. The van der Waals surface area contributed by atoms with Gasteiger partial charge in [0.1, 0.15) is 5.75 Å². The predicted octanol–water partition coefficient (Wildman–Crippen LogP) is 1.65. The minimum absolute atomic E-state index is 0.0919. The third-order valence-corrected chi connectivity index (χ3v) is 5.48. The van der Waals surface area contributed by atoms with Crippen molar-refractivity contribution in [3.63, 3.8) is 0 Å². The predicted molar refractivity (Wildman–Crippen MR) is 120 cm³/mol. The fourth-order valence-corrected chi connectivity index (χ4v) is 3.54. The van der Waals surface area contributed by atoms with Crippen molar-refractivity contribution >= 4 is 23.2 Å². The number of amides is 2. The molecule has 1 saturated heterocycles. The highest BCUT2D eigenvalue weighted by Crippen LogP contribution is 2.24. The average Bonchev–Trinajstić information content (AvgIpc) is 2.80. The van der Waals surface area contributed by atoms with Gasteiger partial charge in [0.05, 0.1) is 18.1 Å². The molecule has 2 aromatic rings. The molecule has 10 heteroatoms. The van der Waals surface area contributed by atoms with Gasteiger partial charge in [-0.3, -0.25) is 24.6 Å². The van der Waals surface area contributed by atoms with Gasteiger partial charge in [0.15, 0.2) is 0 Å². The quantitative estimate of drug-likeness (QED) is 0.381. The van der Waals surface area contributed by atoms with Crippen LogP contribution in [0.1, 0.15) is 11.6 Å². The van der Waals surface area contributed by atoms with Gasteiger partial charge in [-0.1, -0.05) is 12.1 Å². The number of rotatable bonds is 7. The van der Waals surface area contributed by atoms with E-state index in [0.29, 0.717) is 5.69 Å². The monoisotopic (exact) mass is 441 g/mol. The van der Waals surface area contributed by atoms with Crippen LogP contribution in [0.3, 0.4) is 0 Å². The van der Waals surface area contributed by atoms with Crippen molar-refractivity contribution in [2.45, 2.75) is 6.04 Å². The van der Waals surface area contributed by atoms with E-state index < -0.39 is 16.7 Å². The van der Waals surface area contributed by atoms with Crippen LogP contribution in [0.25, 0.3) is 0 Å². The van der Waals surface area contributed by atoms with E-state index in [4.69, 9.17) is 4.74 Å². The number of carbonyl (C=O) groups excluding carboxylic acids is 2. The van der Waals surface area contributed by atoms with Crippen LogP contribution in [0, 0.1) is 10.1 Å². The molecule has 1 aliphatic heterocycles. The summed E-state index contributed by atoms with van der Waals surface area (Å²) >= 11 is 0. The maximum Gasteiger partial charge on any atom is 0.313 e. The number of hydrogen-bond donors (Lipinski definition) is 2. The topological polar surface area (TPSA) is 117 Å². The molecule has 1 unspecified atom stereocenters. The summed E-state index contributed by atoms with van der Waals surface area (Å²) in [5.74, 6) is -0.848. The lowest BCUT2D eigenvalue weighted by Crippen LogP contribution is -2.49. The summed E-state index contributed by atoms with van der Waals surface area (Å²) < 4.78 is 5.23. The Morgan fingerprint density at radius 1 is 1.03 bits per heavy atom. The summed E-state index contributed by atoms with van der Waals surface area (Å²) in [5.41, 5.74) is 1.23. The molecule has 0 aliphatic carbocycles. The van der Waals surface area contributed by atoms with Gasteiger partial charge >= 0.3 is 11.8 Å². The largest absolute Gasteiger partial charge is 0.497 e. The molecule has 0 aromatic heterocycles. The third-order valence-electron chi connectivity index (χ3n) is 5.48. The lowest BCUT2D eigenvalue weighted by molar-refractivity contribution is -0.384. The summed E-state index contributed by atoms with van der Waals surface area (Å²) in [5, 5.41) is 15.9. The van der Waals surface area contributed by atoms with E-state index in [1.54, 1.807) is 7.11 Å². The van der Waals surface area contributed by atoms with E-state index in [1.165, 1.54) is 24.3 Å². The van der Waals surface area contributed by atoms with Gasteiger partial charge in [0.2, 0.25) is 0 Å². The molecule has 32 heavy (non-hydrogen) atoms. The molecule has 0 spiro atoms. The fraction of sp³-hybridized carbons (Fsp3) is 0.364. The number of carbonyl (C=O) groups is 2. The van der Waals surface area contributed by atoms with Crippen molar-refractivity contribution in [1.82, 2.24) is 15.1 Å². The molecule has 1 atom stereocenters. The first-order valence-corrected chi connectivity index (χ1v) is 10.3. The average molecular weight is 441 g/mol. The van der Waals surface area contributed by atoms with Crippen molar-refractivity contribution in [1.29, 1.82) is 0 Å². The van der Waals surface area contributed by atoms with Crippen molar-refractivity contribution in [2.24, 2.45) is 0 Å². The molecule has 1 fully saturated rings. The molecule has 2 aromatic carbocycles. The number of likely N-dealkylation sites (N-methyl/N-ethyl adjacent to an activating group) is 1. The normalized spacial score (nSPS) is 15.6. The molecular formula is C22H27N5O5. The number of nitrogens with one attached hydrogen (secondary N) is 2. The van der Waals surface area contributed by atoms with Crippen LogP contribution in [0.4, 0.5) is 11.4 Å². The number of methoxy groups -OCH3 is 1. The highest BCUT2D eigenvalue weighted by molar-refractivity contribution is 6.39. The Hall–Kier alpha value is -3.50. The van der Waals surface area contributed by atoms with Gasteiger partial charge in [-0.15, -0.1) is 0 Å². The Kier molecular flexibility index (Phi) is 7.74. The highest BCUT2D eigenvalue weighted by atomic mass is 16.6. The second-order valence-electron chi connectivity index (χ2n) is 7.60. The fourth-order valence-electron chi connectivity index (χ4n) is 3.54. The van der Waals surface area contributed by atoms with Crippen LogP contribution in [0.15, 0.2) is 48.5 Å². The van der Waals surface area contributed by atoms with Crippen molar-refractivity contribution in [2.75, 3.05) is 52.2 Å². The Labute approximate surface area is 186 Å². The first-order chi connectivity index (χ1) is 15.4. The van der Waals surface area contributed by atoms with Crippen molar-refractivity contribution in [3.05, 3.63) is 64.2 Å². The van der Waals surface area contributed by atoms with E-state index in [0.717, 1.165) is 37.5 Å². The minimum Gasteiger partial charge on any atom is -0.497 e. The zero-order valence-corrected chi connectivity index (χ0v) is 18.1. The number of nitrogens with zero attached hydrogens (tertiary/aromatic N) is 3. The lowest BCUT2D eigenvalue weighted by atomic mass is 10.0. The standard InChI is InChI=1S/C22H27N5O5/c1-25-11-13-26(14-12-25)20(16-3-9-19(32-2)10-4-16)15-23-21(28)22(29)24-17-5-7-18(8-6-17)27(30)31/h3-10,20H,11-15H2,1-2H3,(H,23,28)(H,24,29). The number of piperazine rings is 1. The van der Waals surface area contributed by atoms with E-state index in [2.05, 4.69) is 27.5 Å². The summed E-state index contributed by atoms with van der Waals surface area (Å²) in [6, 6.07) is 12.9. The molecule has 10 nitrogen and oxygen atoms in total. The number of nitro groups is 1. The van der Waals surface area contributed by atoms with E-state index in [-0.39, 0.29) is 18.3 Å². The zero-order chi connectivity index (χ0) is 23.1. The first kappa shape index (κ1) is 23.2. The van der Waals surface area contributed by atoms with Crippen molar-refractivity contribution in [3.8, 4) is 5.75 Å². The first-order valence-electron chi connectivity index (χ1n) is 10.3. The van der Waals surface area contributed by atoms with Crippen LogP contribution in [-0.2, 0) is 9.59 Å². The van der Waals surface area contributed by atoms with Gasteiger partial charge in [0, 0.05) is 50.5 Å². The van der Waals surface area contributed by atoms with Crippen LogP contribution < -0.4 is 15.4 Å². The van der Waals surface area contributed by atoms with Crippen LogP contribution in [-0.4, -0.2) is 73.4 Å². The van der Waals surface area contributed by atoms with Gasteiger partial charge in [-0.05, 0) is 36.9 Å². The summed E-state index contributed by atoms with van der Waals surface area (Å²) in [6.45, 7) is 3.79. The Bertz CT molecular complexity index is 940. The Morgan fingerprint density at radius 3 is 2.22 bits per heavy atom. The van der Waals surface area contributed by atoms with Gasteiger partial charge in [0.25, 0.3) is 5.69 Å². The van der Waals surface area contributed by atoms with Gasteiger partial charge < -0.3 is 20.3 Å². The summed E-state index contributed by atoms with van der Waals surface area (Å²) in [4.78, 5) is 39.4. The molecule has 1 heterocycles. The minimum atomic E-state index is -0.828. The Morgan fingerprint density at radius 2 is 1.66 bits per heavy atom. The van der Waals surface area contributed by atoms with Crippen LogP contribution in [0.2, 0.25) is 0 Å². The van der Waals surface area contributed by atoms with E-state index in [9.17, 15) is 19.7 Å². The number of nitro benzene ring substituents is 1. The molecule has 0 radical (unpaired) electrons. The number of anilines is 1.